The summed E-state index contributed by atoms with van der Waals surface area (Å²) < 4.78 is 14.9. The number of benzene rings is 1. The highest BCUT2D eigenvalue weighted by Gasteiger charge is 2.16. The summed E-state index contributed by atoms with van der Waals surface area (Å²) in [6.45, 7) is 0. The molecule has 1 atom stereocenters. The largest absolute Gasteiger partial charge is 0.207 e. The number of hydrogen-bond acceptors (Lipinski definition) is 1. The molecule has 0 nitrogen and oxygen atoms in total. The van der Waals surface area contributed by atoms with Gasteiger partial charge in [0, 0.05) is 8.45 Å². The van der Waals surface area contributed by atoms with Gasteiger partial charge in [-0.2, -0.15) is 0 Å². The van der Waals surface area contributed by atoms with Gasteiger partial charge in [-0.15, -0.1) is 22.9 Å². The summed E-state index contributed by atoms with van der Waals surface area (Å²) in [6.07, 6.45) is 0. The van der Waals surface area contributed by atoms with Crippen LogP contribution >= 0.6 is 61.5 Å². The summed E-state index contributed by atoms with van der Waals surface area (Å²) in [7, 11) is 0. The van der Waals surface area contributed by atoms with Crippen LogP contribution in [-0.4, -0.2) is 0 Å². The van der Waals surface area contributed by atoms with Crippen LogP contribution in [0.15, 0.2) is 34.1 Å². The molecule has 0 radical (unpaired) electrons. The maximum atomic E-state index is 13.0. The fourth-order valence-corrected chi connectivity index (χ4v) is 4.11. The van der Waals surface area contributed by atoms with Crippen molar-refractivity contribution in [1.82, 2.24) is 0 Å². The van der Waals surface area contributed by atoms with Crippen LogP contribution in [0, 0.1) is 9.39 Å². The highest BCUT2D eigenvalue weighted by molar-refractivity contribution is 14.1. The van der Waals surface area contributed by atoms with Crippen molar-refractivity contribution in [3.05, 3.63) is 53.9 Å². The van der Waals surface area contributed by atoms with E-state index < -0.39 is 0 Å². The number of rotatable bonds is 2. The molecule has 84 valence electrons. The smallest absolute Gasteiger partial charge is 0.124 e. The Bertz CT molecular complexity index is 514. The molecule has 0 fully saturated rings. The molecule has 0 aliphatic carbocycles. The minimum Gasteiger partial charge on any atom is -0.207 e. The molecule has 1 aromatic carbocycles. The molecule has 0 N–H and O–H groups in total. The Morgan fingerprint density at radius 2 is 2.06 bits per heavy atom. The fourth-order valence-electron chi connectivity index (χ4n) is 1.32. The minimum atomic E-state index is -0.232. The Balaban J connectivity index is 2.37. The Morgan fingerprint density at radius 1 is 1.31 bits per heavy atom. The van der Waals surface area contributed by atoms with Gasteiger partial charge >= 0.3 is 0 Å². The van der Waals surface area contributed by atoms with Crippen molar-refractivity contribution in [1.29, 1.82) is 0 Å². The summed E-state index contributed by atoms with van der Waals surface area (Å²) in [5.74, 6) is -0.232. The van der Waals surface area contributed by atoms with Gasteiger partial charge in [0.2, 0.25) is 0 Å². The van der Waals surface area contributed by atoms with Crippen LogP contribution < -0.4 is 0 Å². The van der Waals surface area contributed by atoms with E-state index in [1.54, 1.807) is 17.4 Å². The van der Waals surface area contributed by atoms with E-state index in [-0.39, 0.29) is 11.2 Å². The predicted molar refractivity (Wildman–Crippen MR) is 78.8 cm³/mol. The average molecular weight is 431 g/mol. The molecule has 1 heterocycles. The molecule has 16 heavy (non-hydrogen) atoms. The zero-order chi connectivity index (χ0) is 11.7. The third-order valence-electron chi connectivity index (χ3n) is 2.08. The normalized spacial score (nSPS) is 12.8. The minimum absolute atomic E-state index is 0.219. The maximum absolute atomic E-state index is 13.0. The molecular weight excluding hydrogens is 425 g/mol. The molecule has 0 bridgehead atoms. The number of hydrogen-bond donors (Lipinski definition) is 0. The maximum Gasteiger partial charge on any atom is 0.124 e. The molecule has 0 aliphatic rings. The van der Waals surface area contributed by atoms with Crippen LogP contribution in [0.1, 0.15) is 15.8 Å². The molecule has 0 amide bonds. The second kappa shape index (κ2) is 5.33. The van der Waals surface area contributed by atoms with E-state index >= 15 is 0 Å². The van der Waals surface area contributed by atoms with Gasteiger partial charge in [0.05, 0.1) is 9.16 Å². The summed E-state index contributed by atoms with van der Waals surface area (Å²) in [4.78, 5) is 1.05. The van der Waals surface area contributed by atoms with E-state index in [1.165, 1.54) is 12.1 Å². The zero-order valence-corrected chi connectivity index (χ0v) is 13.2. The quantitative estimate of drug-likeness (QED) is 0.430. The van der Waals surface area contributed by atoms with E-state index in [9.17, 15) is 4.39 Å². The first kappa shape index (κ1) is 12.8. The average Bonchev–Trinajstić information content (AvgIpc) is 2.64. The first-order chi connectivity index (χ1) is 7.58. The van der Waals surface area contributed by atoms with E-state index in [1.807, 2.05) is 12.1 Å². The molecule has 0 spiro atoms. The molecule has 0 saturated carbocycles. The molecule has 2 aromatic rings. The first-order valence-electron chi connectivity index (χ1n) is 4.42. The standard InChI is InChI=1S/C11H6BrClFIS/c12-10-4-3-9(16-10)11(13)7-2-1-6(14)5-8(7)15/h1-5,11H. The van der Waals surface area contributed by atoms with Gasteiger partial charge in [-0.25, -0.2) is 4.39 Å². The van der Waals surface area contributed by atoms with Gasteiger partial charge in [0.15, 0.2) is 0 Å². The van der Waals surface area contributed by atoms with Crippen LogP contribution in [0.25, 0.3) is 0 Å². The lowest BCUT2D eigenvalue weighted by atomic mass is 10.1. The molecule has 0 saturated heterocycles. The Morgan fingerprint density at radius 3 is 2.62 bits per heavy atom. The molecule has 0 aliphatic heterocycles. The third-order valence-corrected chi connectivity index (χ3v) is 5.30. The topological polar surface area (TPSA) is 0 Å². The summed E-state index contributed by atoms with van der Waals surface area (Å²) in [5.41, 5.74) is 0.943. The highest BCUT2D eigenvalue weighted by Crippen LogP contribution is 2.37. The Kier molecular flexibility index (Phi) is 4.26. The SMILES string of the molecule is Fc1ccc(C(Cl)c2ccc(Br)s2)c(I)c1. The van der Waals surface area contributed by atoms with Crippen LogP contribution in [0.2, 0.25) is 0 Å². The number of alkyl halides is 1. The van der Waals surface area contributed by atoms with Gasteiger partial charge in [-0.3, -0.25) is 0 Å². The van der Waals surface area contributed by atoms with Gasteiger partial charge in [0.1, 0.15) is 5.82 Å². The van der Waals surface area contributed by atoms with Crippen molar-refractivity contribution in [3.63, 3.8) is 0 Å². The van der Waals surface area contributed by atoms with Crippen molar-refractivity contribution in [3.8, 4) is 0 Å². The van der Waals surface area contributed by atoms with Crippen LogP contribution in [0.4, 0.5) is 4.39 Å². The second-order valence-electron chi connectivity index (χ2n) is 3.17. The van der Waals surface area contributed by atoms with Crippen LogP contribution in [0.3, 0.4) is 0 Å². The zero-order valence-electron chi connectivity index (χ0n) is 7.88. The van der Waals surface area contributed by atoms with Crippen LogP contribution in [0.5, 0.6) is 0 Å². The Hall–Kier alpha value is 0.350. The lowest BCUT2D eigenvalue weighted by molar-refractivity contribution is 0.626. The summed E-state index contributed by atoms with van der Waals surface area (Å²) in [5, 5.41) is -0.219. The predicted octanol–water partition coefficient (Wildman–Crippen LogP) is 5.58. The third kappa shape index (κ3) is 2.78. The van der Waals surface area contributed by atoms with Crippen molar-refractivity contribution >= 4 is 61.5 Å². The molecule has 1 aromatic heterocycles. The summed E-state index contributed by atoms with van der Waals surface area (Å²) in [6, 6.07) is 8.61. The first-order valence-corrected chi connectivity index (χ1v) is 7.54. The van der Waals surface area contributed by atoms with Crippen LogP contribution in [-0.2, 0) is 0 Å². The van der Waals surface area contributed by atoms with E-state index in [0.29, 0.717) is 0 Å². The van der Waals surface area contributed by atoms with Gasteiger partial charge in [0.25, 0.3) is 0 Å². The molecule has 2 rings (SSSR count). The second-order valence-corrected chi connectivity index (χ2v) is 7.26. The fraction of sp³-hybridized carbons (Fsp3) is 0.0909. The lowest BCUT2D eigenvalue weighted by Crippen LogP contribution is -1.94. The van der Waals surface area contributed by atoms with Gasteiger partial charge in [-0.05, 0) is 68.3 Å². The molecular formula is C11H6BrClFIS. The Labute approximate surface area is 124 Å². The number of thiophene rings is 1. The van der Waals surface area contributed by atoms with Crippen molar-refractivity contribution in [2.75, 3.05) is 0 Å². The van der Waals surface area contributed by atoms with Crippen molar-refractivity contribution in [2.24, 2.45) is 0 Å². The number of halogens is 4. The van der Waals surface area contributed by atoms with E-state index in [2.05, 4.69) is 38.5 Å². The monoisotopic (exact) mass is 430 g/mol. The van der Waals surface area contributed by atoms with E-state index in [0.717, 1.165) is 17.8 Å². The van der Waals surface area contributed by atoms with Crippen molar-refractivity contribution in [2.45, 2.75) is 5.38 Å². The molecule has 5 heteroatoms. The van der Waals surface area contributed by atoms with Gasteiger partial charge < -0.3 is 0 Å². The van der Waals surface area contributed by atoms with E-state index in [4.69, 9.17) is 11.6 Å². The van der Waals surface area contributed by atoms with Gasteiger partial charge in [-0.1, -0.05) is 6.07 Å². The lowest BCUT2D eigenvalue weighted by Gasteiger charge is -2.09. The highest BCUT2D eigenvalue weighted by atomic mass is 127. The molecule has 1 unspecified atom stereocenters. The summed E-state index contributed by atoms with van der Waals surface area (Å²) >= 11 is 13.5. The van der Waals surface area contributed by atoms with Crippen molar-refractivity contribution < 1.29 is 4.39 Å².